The minimum absolute atomic E-state index is 0.122. The average molecular weight is 301 g/mol. The summed E-state index contributed by atoms with van der Waals surface area (Å²) in [7, 11) is 1.50. The van der Waals surface area contributed by atoms with Crippen LogP contribution in [0.5, 0.6) is 0 Å². The molecule has 2 atom stereocenters. The number of carbonyl (C=O) groups is 2. The highest BCUT2D eigenvalue weighted by atomic mass is 16.5. The van der Waals surface area contributed by atoms with Crippen LogP contribution in [-0.4, -0.2) is 48.9 Å². The smallest absolute Gasteiger partial charge is 0.326 e. The second kappa shape index (κ2) is 9.73. The van der Waals surface area contributed by atoms with Crippen molar-refractivity contribution in [3.63, 3.8) is 0 Å². The van der Waals surface area contributed by atoms with Crippen LogP contribution in [0.3, 0.4) is 0 Å². The van der Waals surface area contributed by atoms with Crippen molar-refractivity contribution in [3.8, 4) is 0 Å². The van der Waals surface area contributed by atoms with Gasteiger partial charge in [0.25, 0.3) is 0 Å². The van der Waals surface area contributed by atoms with E-state index in [0.29, 0.717) is 6.42 Å². The maximum atomic E-state index is 12.2. The first-order valence-electron chi connectivity index (χ1n) is 7.76. The maximum absolute atomic E-state index is 12.2. The molecule has 1 aliphatic rings. The predicted octanol–water partition coefficient (Wildman–Crippen LogP) is 1.72. The molecule has 0 radical (unpaired) electrons. The Bertz CT molecular complexity index is 328. The zero-order chi connectivity index (χ0) is 15.7. The van der Waals surface area contributed by atoms with Crippen LogP contribution in [0, 0.1) is 0 Å². The van der Waals surface area contributed by atoms with Crippen molar-refractivity contribution in [2.75, 3.05) is 13.7 Å². The number of hydrogen-bond acceptors (Lipinski definition) is 4. The summed E-state index contributed by atoms with van der Waals surface area (Å²) in [5, 5.41) is 11.7. The van der Waals surface area contributed by atoms with Crippen LogP contribution >= 0.6 is 0 Å². The molecule has 0 aromatic heterocycles. The lowest BCUT2D eigenvalue weighted by Crippen LogP contribution is -2.47. The summed E-state index contributed by atoms with van der Waals surface area (Å²) in [6.45, 7) is 2.16. The molecule has 122 valence electrons. The van der Waals surface area contributed by atoms with E-state index >= 15 is 0 Å². The molecule has 2 unspecified atom stereocenters. The van der Waals surface area contributed by atoms with Crippen LogP contribution in [0.1, 0.15) is 51.9 Å². The van der Waals surface area contributed by atoms with Gasteiger partial charge in [0.15, 0.2) is 0 Å². The second-order valence-corrected chi connectivity index (χ2v) is 5.47. The molecule has 1 amide bonds. The molecule has 6 heteroatoms. The molecule has 1 aliphatic carbocycles. The Morgan fingerprint density at radius 2 is 1.95 bits per heavy atom. The zero-order valence-electron chi connectivity index (χ0n) is 13.0. The SMILES string of the molecule is CCC(OC1CCCCC1)C(=O)NC(CCOC)C(=O)O. The highest BCUT2D eigenvalue weighted by Gasteiger charge is 2.27. The molecule has 1 saturated carbocycles. The third-order valence-electron chi connectivity index (χ3n) is 3.80. The van der Waals surface area contributed by atoms with Gasteiger partial charge in [0.1, 0.15) is 12.1 Å². The first-order valence-corrected chi connectivity index (χ1v) is 7.76. The van der Waals surface area contributed by atoms with Crippen LogP contribution < -0.4 is 5.32 Å². The Hall–Kier alpha value is -1.14. The van der Waals surface area contributed by atoms with E-state index in [4.69, 9.17) is 14.6 Å². The monoisotopic (exact) mass is 301 g/mol. The number of rotatable bonds is 9. The number of ether oxygens (including phenoxy) is 2. The lowest BCUT2D eigenvalue weighted by Gasteiger charge is -2.27. The van der Waals surface area contributed by atoms with Gasteiger partial charge in [0.2, 0.25) is 5.91 Å². The molecule has 0 bridgehead atoms. The summed E-state index contributed by atoms with van der Waals surface area (Å²) in [4.78, 5) is 23.3. The first-order chi connectivity index (χ1) is 10.1. The van der Waals surface area contributed by atoms with E-state index < -0.39 is 18.1 Å². The Morgan fingerprint density at radius 3 is 2.48 bits per heavy atom. The van der Waals surface area contributed by atoms with Gasteiger partial charge >= 0.3 is 5.97 Å². The van der Waals surface area contributed by atoms with Gasteiger partial charge in [-0.2, -0.15) is 0 Å². The van der Waals surface area contributed by atoms with Crippen LogP contribution in [-0.2, 0) is 19.1 Å². The van der Waals surface area contributed by atoms with Gasteiger partial charge in [-0.3, -0.25) is 4.79 Å². The molecule has 21 heavy (non-hydrogen) atoms. The summed E-state index contributed by atoms with van der Waals surface area (Å²) >= 11 is 0. The molecular weight excluding hydrogens is 274 g/mol. The van der Waals surface area contributed by atoms with Crippen LogP contribution in [0.15, 0.2) is 0 Å². The molecule has 6 nitrogen and oxygen atoms in total. The molecule has 0 saturated heterocycles. The number of hydrogen-bond donors (Lipinski definition) is 2. The molecule has 0 aliphatic heterocycles. The van der Waals surface area contributed by atoms with Crippen LogP contribution in [0.25, 0.3) is 0 Å². The number of carboxylic acid groups (broad SMARTS) is 1. The van der Waals surface area contributed by atoms with Crippen molar-refractivity contribution >= 4 is 11.9 Å². The fourth-order valence-corrected chi connectivity index (χ4v) is 2.53. The molecule has 2 N–H and O–H groups in total. The van der Waals surface area contributed by atoms with E-state index in [1.807, 2.05) is 6.92 Å². The van der Waals surface area contributed by atoms with Crippen LogP contribution in [0.4, 0.5) is 0 Å². The lowest BCUT2D eigenvalue weighted by molar-refractivity contribution is -0.147. The van der Waals surface area contributed by atoms with E-state index in [1.54, 1.807) is 0 Å². The van der Waals surface area contributed by atoms with Gasteiger partial charge in [-0.15, -0.1) is 0 Å². The molecule has 1 fully saturated rings. The molecule has 0 heterocycles. The largest absolute Gasteiger partial charge is 0.480 e. The average Bonchev–Trinajstić information content (AvgIpc) is 2.49. The van der Waals surface area contributed by atoms with Crippen molar-refractivity contribution in [1.29, 1.82) is 0 Å². The topological polar surface area (TPSA) is 84.9 Å². The van der Waals surface area contributed by atoms with E-state index in [2.05, 4.69) is 5.32 Å². The Kier molecular flexibility index (Phi) is 8.30. The molecule has 0 aromatic carbocycles. The number of carbonyl (C=O) groups excluding carboxylic acids is 1. The van der Waals surface area contributed by atoms with Gasteiger partial charge in [0, 0.05) is 20.1 Å². The van der Waals surface area contributed by atoms with Gasteiger partial charge in [-0.05, 0) is 19.3 Å². The van der Waals surface area contributed by atoms with Crippen molar-refractivity contribution in [1.82, 2.24) is 5.32 Å². The zero-order valence-corrected chi connectivity index (χ0v) is 13.0. The number of amides is 1. The normalized spacial score (nSPS) is 19.0. The Labute approximate surface area is 126 Å². The van der Waals surface area contributed by atoms with E-state index in [-0.39, 0.29) is 25.0 Å². The number of aliphatic carboxylic acids is 1. The summed E-state index contributed by atoms with van der Waals surface area (Å²) in [6, 6.07) is -0.929. The van der Waals surface area contributed by atoms with Gasteiger partial charge < -0.3 is 19.9 Å². The van der Waals surface area contributed by atoms with Gasteiger partial charge in [0.05, 0.1) is 6.10 Å². The third kappa shape index (κ3) is 6.44. The highest BCUT2D eigenvalue weighted by molar-refractivity contribution is 5.86. The van der Waals surface area contributed by atoms with E-state index in [9.17, 15) is 9.59 Å². The van der Waals surface area contributed by atoms with Gasteiger partial charge in [-0.25, -0.2) is 4.79 Å². The fraction of sp³-hybridized carbons (Fsp3) is 0.867. The predicted molar refractivity (Wildman–Crippen MR) is 78.1 cm³/mol. The Balaban J connectivity index is 2.49. The quantitative estimate of drug-likeness (QED) is 0.677. The van der Waals surface area contributed by atoms with Crippen molar-refractivity contribution in [2.24, 2.45) is 0 Å². The molecule has 0 spiro atoms. The van der Waals surface area contributed by atoms with E-state index in [0.717, 1.165) is 25.7 Å². The second-order valence-electron chi connectivity index (χ2n) is 5.47. The van der Waals surface area contributed by atoms with Crippen molar-refractivity contribution in [3.05, 3.63) is 0 Å². The van der Waals surface area contributed by atoms with Crippen LogP contribution in [0.2, 0.25) is 0 Å². The standard InChI is InChI=1S/C15H27NO5/c1-3-13(21-11-7-5-4-6-8-11)14(17)16-12(15(18)19)9-10-20-2/h11-13H,3-10H2,1-2H3,(H,16,17)(H,18,19). The molecule has 0 aromatic rings. The summed E-state index contributed by atoms with van der Waals surface area (Å²) in [5.74, 6) is -1.39. The minimum atomic E-state index is -1.05. The number of methoxy groups -OCH3 is 1. The maximum Gasteiger partial charge on any atom is 0.326 e. The summed E-state index contributed by atoms with van der Waals surface area (Å²) in [5.41, 5.74) is 0. The summed E-state index contributed by atoms with van der Waals surface area (Å²) < 4.78 is 10.7. The van der Waals surface area contributed by atoms with Gasteiger partial charge in [-0.1, -0.05) is 26.2 Å². The fourth-order valence-electron chi connectivity index (χ4n) is 2.53. The number of nitrogens with one attached hydrogen (secondary N) is 1. The Morgan fingerprint density at radius 1 is 1.29 bits per heavy atom. The molecular formula is C15H27NO5. The first kappa shape index (κ1) is 17.9. The molecule has 1 rings (SSSR count). The van der Waals surface area contributed by atoms with Crippen molar-refractivity contribution in [2.45, 2.75) is 70.1 Å². The van der Waals surface area contributed by atoms with Crippen molar-refractivity contribution < 1.29 is 24.2 Å². The highest BCUT2D eigenvalue weighted by Crippen LogP contribution is 2.22. The lowest BCUT2D eigenvalue weighted by atomic mass is 9.97. The number of carboxylic acids is 1. The minimum Gasteiger partial charge on any atom is -0.480 e. The van der Waals surface area contributed by atoms with E-state index in [1.165, 1.54) is 13.5 Å². The summed E-state index contributed by atoms with van der Waals surface area (Å²) in [6.07, 6.45) is 5.79. The third-order valence-corrected chi connectivity index (χ3v) is 3.80.